The van der Waals surface area contributed by atoms with Gasteiger partial charge in [0.2, 0.25) is 5.91 Å². The summed E-state index contributed by atoms with van der Waals surface area (Å²) in [5.41, 5.74) is 5.47. The number of rotatable bonds is 5. The van der Waals surface area contributed by atoms with Gasteiger partial charge in [-0.3, -0.25) is 4.79 Å². The average molecular weight is 206 g/mol. The predicted octanol–water partition coefficient (Wildman–Crippen LogP) is -0.934. The smallest absolute Gasteiger partial charge is 0.237 e. The third-order valence-corrected chi connectivity index (χ3v) is 2.01. The topological polar surface area (TPSA) is 55.1 Å². The lowest BCUT2D eigenvalue weighted by molar-refractivity contribution is -0.869. The van der Waals surface area contributed by atoms with Crippen molar-refractivity contribution in [1.29, 1.82) is 0 Å². The van der Waals surface area contributed by atoms with Crippen LogP contribution >= 0.6 is 12.6 Å². The molecule has 78 valence electrons. The standard InChI is InChI=1S/C8H19N3OS/c1-11(2,3)5-4-10-8(12)7(9)6-13/h7H,4-6,9H2,1-3H3,(H-,10,12,13)/p+1. The van der Waals surface area contributed by atoms with Gasteiger partial charge in [-0.2, -0.15) is 12.6 Å². The summed E-state index contributed by atoms with van der Waals surface area (Å²) < 4.78 is 0.830. The van der Waals surface area contributed by atoms with E-state index < -0.39 is 6.04 Å². The molecule has 3 N–H and O–H groups in total. The molecule has 0 aromatic rings. The number of nitrogens with two attached hydrogens (primary N) is 1. The van der Waals surface area contributed by atoms with Crippen LogP contribution in [0.5, 0.6) is 0 Å². The molecule has 4 nitrogen and oxygen atoms in total. The van der Waals surface area contributed by atoms with E-state index in [2.05, 4.69) is 39.1 Å². The molecule has 0 rings (SSSR count). The van der Waals surface area contributed by atoms with Gasteiger partial charge in [0.15, 0.2) is 0 Å². The van der Waals surface area contributed by atoms with Crippen LogP contribution in [0, 0.1) is 0 Å². The van der Waals surface area contributed by atoms with E-state index in [1.54, 1.807) is 0 Å². The maximum Gasteiger partial charge on any atom is 0.237 e. The zero-order chi connectivity index (χ0) is 10.5. The highest BCUT2D eigenvalue weighted by molar-refractivity contribution is 7.80. The second kappa shape index (κ2) is 5.47. The quantitative estimate of drug-likeness (QED) is 0.402. The van der Waals surface area contributed by atoms with E-state index in [-0.39, 0.29) is 5.91 Å². The van der Waals surface area contributed by atoms with Crippen LogP contribution in [0.4, 0.5) is 0 Å². The SMILES string of the molecule is C[N+](C)(C)CCNC(=O)C(N)CS. The van der Waals surface area contributed by atoms with Crippen LogP contribution in [0.3, 0.4) is 0 Å². The molecule has 5 heteroatoms. The van der Waals surface area contributed by atoms with Crippen LogP contribution in [0.2, 0.25) is 0 Å². The average Bonchev–Trinajstić information content (AvgIpc) is 2.00. The highest BCUT2D eigenvalue weighted by Crippen LogP contribution is 1.88. The Morgan fingerprint density at radius 2 is 2.08 bits per heavy atom. The Morgan fingerprint density at radius 3 is 2.46 bits per heavy atom. The maximum absolute atomic E-state index is 11.2. The Balaban J connectivity index is 3.60. The number of hydrogen-bond donors (Lipinski definition) is 3. The molecule has 0 fully saturated rings. The van der Waals surface area contributed by atoms with Crippen molar-refractivity contribution in [2.75, 3.05) is 40.0 Å². The number of amides is 1. The number of carbonyl (C=O) groups excluding carboxylic acids is 1. The van der Waals surface area contributed by atoms with Crippen LogP contribution < -0.4 is 11.1 Å². The molecule has 0 aliphatic carbocycles. The molecule has 0 aliphatic heterocycles. The van der Waals surface area contributed by atoms with Gasteiger partial charge in [0.1, 0.15) is 0 Å². The van der Waals surface area contributed by atoms with Gasteiger partial charge in [0.05, 0.1) is 40.3 Å². The minimum absolute atomic E-state index is 0.122. The number of nitrogens with one attached hydrogen (secondary N) is 1. The largest absolute Gasteiger partial charge is 0.349 e. The van der Waals surface area contributed by atoms with Crippen molar-refractivity contribution >= 4 is 18.5 Å². The number of quaternary nitrogens is 1. The van der Waals surface area contributed by atoms with E-state index in [1.807, 2.05) is 0 Å². The summed E-state index contributed by atoms with van der Waals surface area (Å²) in [7, 11) is 6.22. The highest BCUT2D eigenvalue weighted by Gasteiger charge is 2.12. The van der Waals surface area contributed by atoms with Crippen molar-refractivity contribution in [3.63, 3.8) is 0 Å². The molecular formula is C8H20N3OS+. The third kappa shape index (κ3) is 6.86. The Kier molecular flexibility index (Phi) is 5.36. The van der Waals surface area contributed by atoms with Crippen LogP contribution in [0.15, 0.2) is 0 Å². The lowest BCUT2D eigenvalue weighted by Gasteiger charge is -2.24. The molecular weight excluding hydrogens is 186 g/mol. The van der Waals surface area contributed by atoms with E-state index in [0.717, 1.165) is 11.0 Å². The molecule has 0 aromatic carbocycles. The van der Waals surface area contributed by atoms with Crippen LogP contribution in [-0.2, 0) is 4.79 Å². The lowest BCUT2D eigenvalue weighted by Crippen LogP contribution is -2.47. The molecule has 0 saturated carbocycles. The molecule has 1 unspecified atom stereocenters. The summed E-state index contributed by atoms with van der Waals surface area (Å²) in [5, 5.41) is 2.76. The molecule has 1 atom stereocenters. The van der Waals surface area contributed by atoms with Crippen LogP contribution in [0.25, 0.3) is 0 Å². The summed E-state index contributed by atoms with van der Waals surface area (Å²) in [4.78, 5) is 11.2. The fourth-order valence-electron chi connectivity index (χ4n) is 0.729. The van der Waals surface area contributed by atoms with E-state index in [4.69, 9.17) is 5.73 Å². The van der Waals surface area contributed by atoms with Gasteiger partial charge in [-0.1, -0.05) is 0 Å². The van der Waals surface area contributed by atoms with Gasteiger partial charge in [0, 0.05) is 5.75 Å². The summed E-state index contributed by atoms with van der Waals surface area (Å²) in [5.74, 6) is 0.263. The minimum atomic E-state index is -0.490. The van der Waals surface area contributed by atoms with Crippen molar-refractivity contribution < 1.29 is 9.28 Å². The Labute approximate surface area is 85.5 Å². The van der Waals surface area contributed by atoms with Crippen molar-refractivity contribution in [2.45, 2.75) is 6.04 Å². The molecule has 1 amide bonds. The van der Waals surface area contributed by atoms with Gasteiger partial charge in [-0.05, 0) is 0 Å². The first-order valence-corrected chi connectivity index (χ1v) is 4.94. The minimum Gasteiger partial charge on any atom is -0.349 e. The molecule has 0 saturated heterocycles. The maximum atomic E-state index is 11.2. The molecule has 13 heavy (non-hydrogen) atoms. The number of carbonyl (C=O) groups is 1. The second-order valence-corrected chi connectivity index (χ2v) is 4.46. The number of nitrogens with zero attached hydrogens (tertiary/aromatic N) is 1. The summed E-state index contributed by atoms with van der Waals surface area (Å²) in [6, 6.07) is -0.490. The highest BCUT2D eigenvalue weighted by atomic mass is 32.1. The van der Waals surface area contributed by atoms with E-state index >= 15 is 0 Å². The van der Waals surface area contributed by atoms with Crippen molar-refractivity contribution in [3.05, 3.63) is 0 Å². The van der Waals surface area contributed by atoms with Crippen molar-refractivity contribution in [1.82, 2.24) is 5.32 Å². The normalized spacial score (nSPS) is 13.9. The lowest BCUT2D eigenvalue weighted by atomic mass is 10.3. The first kappa shape index (κ1) is 12.7. The molecule has 0 aliphatic rings. The van der Waals surface area contributed by atoms with E-state index in [9.17, 15) is 4.79 Å². The Morgan fingerprint density at radius 1 is 1.54 bits per heavy atom. The van der Waals surface area contributed by atoms with Crippen molar-refractivity contribution in [2.24, 2.45) is 5.73 Å². The van der Waals surface area contributed by atoms with Gasteiger partial charge in [-0.15, -0.1) is 0 Å². The van der Waals surface area contributed by atoms with Crippen LogP contribution in [0.1, 0.15) is 0 Å². The molecule has 0 aromatic heterocycles. The second-order valence-electron chi connectivity index (χ2n) is 4.09. The van der Waals surface area contributed by atoms with Crippen molar-refractivity contribution in [3.8, 4) is 0 Å². The molecule has 0 heterocycles. The molecule has 0 radical (unpaired) electrons. The van der Waals surface area contributed by atoms with Gasteiger partial charge < -0.3 is 15.5 Å². The van der Waals surface area contributed by atoms with Gasteiger partial charge in [-0.25, -0.2) is 0 Å². The number of thiol groups is 1. The zero-order valence-corrected chi connectivity index (χ0v) is 9.47. The summed E-state index contributed by atoms with van der Waals surface area (Å²) in [6.45, 7) is 1.55. The van der Waals surface area contributed by atoms with Crippen LogP contribution in [-0.4, -0.2) is 56.4 Å². The summed E-state index contributed by atoms with van der Waals surface area (Å²) >= 11 is 3.94. The first-order chi connectivity index (χ1) is 5.87. The van der Waals surface area contributed by atoms with Gasteiger partial charge >= 0.3 is 0 Å². The predicted molar refractivity (Wildman–Crippen MR) is 57.7 cm³/mol. The number of likely N-dealkylation sites (N-methyl/N-ethyl adjacent to an activating group) is 1. The fraction of sp³-hybridized carbons (Fsp3) is 0.875. The van der Waals surface area contributed by atoms with Gasteiger partial charge in [0.25, 0.3) is 0 Å². The fourth-order valence-corrected chi connectivity index (χ4v) is 0.894. The molecule has 0 bridgehead atoms. The third-order valence-electron chi connectivity index (χ3n) is 1.62. The first-order valence-electron chi connectivity index (χ1n) is 4.31. The Bertz CT molecular complexity index is 167. The van der Waals surface area contributed by atoms with E-state index in [1.165, 1.54) is 0 Å². The number of hydrogen-bond acceptors (Lipinski definition) is 3. The summed E-state index contributed by atoms with van der Waals surface area (Å²) in [6.07, 6.45) is 0. The molecule has 0 spiro atoms. The Hall–Kier alpha value is -0.260. The monoisotopic (exact) mass is 206 g/mol. The zero-order valence-electron chi connectivity index (χ0n) is 8.58. The van der Waals surface area contributed by atoms with E-state index in [0.29, 0.717) is 12.3 Å².